The van der Waals surface area contributed by atoms with Crippen LogP contribution >= 0.6 is 0 Å². The van der Waals surface area contributed by atoms with Crippen molar-refractivity contribution >= 4 is 11.8 Å². The van der Waals surface area contributed by atoms with Crippen molar-refractivity contribution in [3.8, 4) is 0 Å². The number of hydrogen-bond donors (Lipinski definition) is 2. The molecule has 0 aromatic heterocycles. The molecule has 0 radical (unpaired) electrons. The summed E-state index contributed by atoms with van der Waals surface area (Å²) in [7, 11) is 0. The molecule has 0 bridgehead atoms. The van der Waals surface area contributed by atoms with Crippen LogP contribution in [0.1, 0.15) is 63.9 Å². The molecule has 1 heterocycles. The molecule has 2 amide bonds. The number of benzene rings is 2. The van der Waals surface area contributed by atoms with E-state index in [0.717, 1.165) is 32.7 Å². The predicted molar refractivity (Wildman–Crippen MR) is 121 cm³/mol. The van der Waals surface area contributed by atoms with Gasteiger partial charge in [0.15, 0.2) is 0 Å². The van der Waals surface area contributed by atoms with Gasteiger partial charge >= 0.3 is 0 Å². The van der Waals surface area contributed by atoms with Gasteiger partial charge in [0.25, 0.3) is 0 Å². The Hall–Kier alpha value is -2.70. The van der Waals surface area contributed by atoms with Crippen molar-refractivity contribution in [3.63, 3.8) is 0 Å². The van der Waals surface area contributed by atoms with Crippen molar-refractivity contribution in [1.82, 2.24) is 9.80 Å². The number of carbonyl (C=O) groups is 2. The highest BCUT2D eigenvalue weighted by atomic mass is 16.1. The van der Waals surface area contributed by atoms with Crippen LogP contribution in [0.2, 0.25) is 0 Å². The first kappa shape index (κ1) is 21.5. The zero-order valence-corrected chi connectivity index (χ0v) is 18.1. The molecule has 164 valence electrons. The van der Waals surface area contributed by atoms with E-state index in [2.05, 4.69) is 9.80 Å². The molecule has 4 rings (SSSR count). The van der Waals surface area contributed by atoms with Gasteiger partial charge in [-0.05, 0) is 48.2 Å². The van der Waals surface area contributed by atoms with E-state index in [0.29, 0.717) is 11.1 Å². The van der Waals surface area contributed by atoms with E-state index in [-0.39, 0.29) is 17.4 Å². The van der Waals surface area contributed by atoms with Crippen LogP contribution in [0, 0.1) is 0 Å². The number of primary amides is 2. The molecule has 4 N–H and O–H groups in total. The molecule has 1 spiro atoms. The zero-order valence-electron chi connectivity index (χ0n) is 18.1. The summed E-state index contributed by atoms with van der Waals surface area (Å²) >= 11 is 0. The predicted octanol–water partition coefficient (Wildman–Crippen LogP) is 2.91. The SMILES string of the molecule is NC(=O)c1ccc(CN2CCN(Cc3ccc(C(N)=O)cc3)C3(CCCCC3)C2)cc1. The molecule has 6 heteroatoms. The Kier molecular flexibility index (Phi) is 6.39. The Morgan fingerprint density at radius 1 is 0.742 bits per heavy atom. The van der Waals surface area contributed by atoms with Gasteiger partial charge in [-0.1, -0.05) is 43.5 Å². The minimum absolute atomic E-state index is 0.200. The van der Waals surface area contributed by atoms with Crippen molar-refractivity contribution < 1.29 is 9.59 Å². The largest absolute Gasteiger partial charge is 0.366 e. The van der Waals surface area contributed by atoms with E-state index in [4.69, 9.17) is 11.5 Å². The second-order valence-electron chi connectivity index (χ2n) is 9.04. The van der Waals surface area contributed by atoms with Gasteiger partial charge in [-0.25, -0.2) is 0 Å². The second kappa shape index (κ2) is 9.20. The summed E-state index contributed by atoms with van der Waals surface area (Å²) in [4.78, 5) is 27.9. The number of piperazine rings is 1. The molecule has 1 aliphatic carbocycles. The topological polar surface area (TPSA) is 92.7 Å². The summed E-state index contributed by atoms with van der Waals surface area (Å²) < 4.78 is 0. The first-order valence-corrected chi connectivity index (χ1v) is 11.2. The summed E-state index contributed by atoms with van der Waals surface area (Å²) in [5.74, 6) is -0.766. The van der Waals surface area contributed by atoms with E-state index in [1.807, 2.05) is 48.5 Å². The van der Waals surface area contributed by atoms with Crippen molar-refractivity contribution in [2.24, 2.45) is 11.5 Å². The van der Waals surface area contributed by atoms with Gasteiger partial charge in [-0.2, -0.15) is 0 Å². The van der Waals surface area contributed by atoms with Gasteiger partial charge in [-0.3, -0.25) is 19.4 Å². The minimum Gasteiger partial charge on any atom is -0.366 e. The van der Waals surface area contributed by atoms with Gasteiger partial charge in [0.2, 0.25) is 11.8 Å². The smallest absolute Gasteiger partial charge is 0.248 e. The number of hydrogen-bond acceptors (Lipinski definition) is 4. The summed E-state index contributed by atoms with van der Waals surface area (Å²) in [6.45, 7) is 4.89. The third-order valence-electron chi connectivity index (χ3n) is 6.92. The molecular formula is C25H32N4O2. The number of nitrogens with two attached hydrogens (primary N) is 2. The summed E-state index contributed by atoms with van der Waals surface area (Å²) in [6.07, 6.45) is 6.32. The third kappa shape index (κ3) is 4.97. The minimum atomic E-state index is -0.384. The quantitative estimate of drug-likeness (QED) is 0.752. The lowest BCUT2D eigenvalue weighted by Crippen LogP contribution is -2.62. The zero-order chi connectivity index (χ0) is 21.8. The molecule has 0 atom stereocenters. The third-order valence-corrected chi connectivity index (χ3v) is 6.92. The van der Waals surface area contributed by atoms with Gasteiger partial charge in [-0.15, -0.1) is 0 Å². The maximum absolute atomic E-state index is 11.4. The van der Waals surface area contributed by atoms with Crippen molar-refractivity contribution in [1.29, 1.82) is 0 Å². The van der Waals surface area contributed by atoms with Gasteiger partial charge in [0.05, 0.1) is 0 Å². The summed E-state index contributed by atoms with van der Waals surface area (Å²) in [5, 5.41) is 0. The van der Waals surface area contributed by atoms with Gasteiger partial charge in [0, 0.05) is 49.4 Å². The molecule has 2 aliphatic rings. The van der Waals surface area contributed by atoms with Crippen molar-refractivity contribution in [2.75, 3.05) is 19.6 Å². The molecular weight excluding hydrogens is 388 g/mol. The Morgan fingerprint density at radius 2 is 1.26 bits per heavy atom. The molecule has 2 fully saturated rings. The standard InChI is InChI=1S/C25H32N4O2/c26-23(30)21-8-4-19(5-9-21)16-28-14-15-29(25(18-28)12-2-1-3-13-25)17-20-6-10-22(11-7-20)24(27)31/h4-11H,1-3,12-18H2,(H2,26,30)(H2,27,31). The lowest BCUT2D eigenvalue weighted by molar-refractivity contribution is -0.0351. The summed E-state index contributed by atoms with van der Waals surface area (Å²) in [6, 6.07) is 15.4. The molecule has 1 aliphatic heterocycles. The number of amides is 2. The molecule has 1 saturated heterocycles. The van der Waals surface area contributed by atoms with Crippen molar-refractivity contribution in [2.45, 2.75) is 50.7 Å². The van der Waals surface area contributed by atoms with Crippen LogP contribution in [0.5, 0.6) is 0 Å². The normalized spacial score (nSPS) is 19.4. The van der Waals surface area contributed by atoms with E-state index in [9.17, 15) is 9.59 Å². The first-order valence-electron chi connectivity index (χ1n) is 11.2. The fourth-order valence-corrected chi connectivity index (χ4v) is 5.19. The molecule has 2 aromatic carbocycles. The fraction of sp³-hybridized carbons (Fsp3) is 0.440. The average molecular weight is 421 g/mol. The number of carbonyl (C=O) groups excluding carboxylic acids is 2. The highest BCUT2D eigenvalue weighted by molar-refractivity contribution is 5.93. The molecule has 31 heavy (non-hydrogen) atoms. The van der Waals surface area contributed by atoms with Crippen LogP contribution in [0.4, 0.5) is 0 Å². The second-order valence-corrected chi connectivity index (χ2v) is 9.04. The van der Waals surface area contributed by atoms with Crippen LogP contribution in [-0.2, 0) is 13.1 Å². The maximum atomic E-state index is 11.4. The first-order chi connectivity index (χ1) is 14.9. The van der Waals surface area contributed by atoms with Crippen LogP contribution in [-0.4, -0.2) is 46.8 Å². The lowest BCUT2D eigenvalue weighted by Gasteiger charge is -2.53. The lowest BCUT2D eigenvalue weighted by atomic mass is 9.78. The Balaban J connectivity index is 1.46. The molecule has 0 unspecified atom stereocenters. The summed E-state index contributed by atoms with van der Waals surface area (Å²) in [5.41, 5.74) is 14.5. The molecule has 6 nitrogen and oxygen atoms in total. The van der Waals surface area contributed by atoms with Gasteiger partial charge < -0.3 is 11.5 Å². The Labute approximate surface area is 184 Å². The maximum Gasteiger partial charge on any atom is 0.248 e. The van der Waals surface area contributed by atoms with Gasteiger partial charge in [0.1, 0.15) is 0 Å². The van der Waals surface area contributed by atoms with Crippen molar-refractivity contribution in [3.05, 3.63) is 70.8 Å². The van der Waals surface area contributed by atoms with Crippen LogP contribution in [0.25, 0.3) is 0 Å². The average Bonchev–Trinajstić information content (AvgIpc) is 2.77. The Bertz CT molecular complexity index is 918. The Morgan fingerprint density at radius 3 is 1.77 bits per heavy atom. The monoisotopic (exact) mass is 420 g/mol. The number of rotatable bonds is 6. The van der Waals surface area contributed by atoms with E-state index in [1.165, 1.54) is 43.2 Å². The molecule has 1 saturated carbocycles. The fourth-order valence-electron chi connectivity index (χ4n) is 5.19. The van der Waals surface area contributed by atoms with Crippen LogP contribution in [0.3, 0.4) is 0 Å². The number of nitrogens with zero attached hydrogens (tertiary/aromatic N) is 2. The van der Waals surface area contributed by atoms with Crippen LogP contribution < -0.4 is 11.5 Å². The highest BCUT2D eigenvalue weighted by Gasteiger charge is 2.42. The highest BCUT2D eigenvalue weighted by Crippen LogP contribution is 2.38. The van der Waals surface area contributed by atoms with E-state index < -0.39 is 0 Å². The molecule has 2 aromatic rings. The van der Waals surface area contributed by atoms with E-state index in [1.54, 1.807) is 0 Å². The van der Waals surface area contributed by atoms with E-state index >= 15 is 0 Å². The van der Waals surface area contributed by atoms with Crippen LogP contribution in [0.15, 0.2) is 48.5 Å².